The lowest BCUT2D eigenvalue weighted by Crippen LogP contribution is -1.96. The Morgan fingerprint density at radius 2 is 2.08 bits per heavy atom. The lowest BCUT2D eigenvalue weighted by Gasteiger charge is -2.03. The first-order chi connectivity index (χ1) is 6.40. The lowest BCUT2D eigenvalue weighted by atomic mass is 10.1. The molecule has 1 aromatic heterocycles. The topological polar surface area (TPSA) is 30.0 Å². The van der Waals surface area contributed by atoms with Gasteiger partial charge in [-0.1, -0.05) is 6.42 Å². The molecule has 0 saturated heterocycles. The van der Waals surface area contributed by atoms with E-state index in [0.29, 0.717) is 5.56 Å². The van der Waals surface area contributed by atoms with Crippen LogP contribution in [0.15, 0.2) is 12.3 Å². The summed E-state index contributed by atoms with van der Waals surface area (Å²) >= 11 is 0. The second-order valence-corrected chi connectivity index (χ2v) is 3.55. The Hall–Kier alpha value is -1.18. The molecule has 0 spiro atoms. The van der Waals surface area contributed by atoms with E-state index < -0.39 is 0 Å². The van der Waals surface area contributed by atoms with Crippen LogP contribution < -0.4 is 0 Å². The van der Waals surface area contributed by atoms with Crippen LogP contribution in [-0.2, 0) is 12.8 Å². The molecule has 2 rings (SSSR count). The van der Waals surface area contributed by atoms with Gasteiger partial charge in [-0.2, -0.15) is 0 Å². The number of aldehydes is 1. The second kappa shape index (κ2) is 3.69. The van der Waals surface area contributed by atoms with Crippen LogP contribution in [-0.4, -0.2) is 11.3 Å². The van der Waals surface area contributed by atoms with Gasteiger partial charge in [-0.15, -0.1) is 0 Å². The van der Waals surface area contributed by atoms with E-state index in [-0.39, 0.29) is 0 Å². The maximum atomic E-state index is 10.5. The molecule has 0 saturated carbocycles. The number of aryl methyl sites for hydroxylation is 2. The first-order valence-corrected chi connectivity index (χ1v) is 4.83. The number of carbonyl (C=O) groups excluding carboxylic acids is 1. The fraction of sp³-hybridized carbons (Fsp3) is 0.455. The minimum Gasteiger partial charge on any atom is -0.298 e. The largest absolute Gasteiger partial charge is 0.298 e. The van der Waals surface area contributed by atoms with Gasteiger partial charge in [-0.05, 0) is 37.3 Å². The van der Waals surface area contributed by atoms with E-state index in [2.05, 4.69) is 4.98 Å². The Morgan fingerprint density at radius 3 is 2.92 bits per heavy atom. The number of nitrogens with zero attached hydrogens (tertiary/aromatic N) is 1. The van der Waals surface area contributed by atoms with Gasteiger partial charge < -0.3 is 0 Å². The smallest absolute Gasteiger partial charge is 0.151 e. The molecule has 0 fully saturated rings. The number of aromatic nitrogens is 1. The molecule has 0 N–H and O–H groups in total. The molecule has 0 radical (unpaired) electrons. The molecule has 2 heteroatoms. The van der Waals surface area contributed by atoms with Crippen molar-refractivity contribution in [3.05, 3.63) is 29.1 Å². The minimum atomic E-state index is 0.709. The zero-order valence-corrected chi connectivity index (χ0v) is 7.62. The van der Waals surface area contributed by atoms with Crippen LogP contribution in [0.1, 0.15) is 40.9 Å². The Morgan fingerprint density at radius 1 is 1.23 bits per heavy atom. The normalized spacial score (nSPS) is 16.0. The molecular weight excluding hydrogens is 162 g/mol. The zero-order chi connectivity index (χ0) is 9.10. The SMILES string of the molecule is O=Cc1cnc2c(c1)CCCCC2. The average molecular weight is 175 g/mol. The molecule has 0 unspecified atom stereocenters. The van der Waals surface area contributed by atoms with Crippen LogP contribution in [0.5, 0.6) is 0 Å². The van der Waals surface area contributed by atoms with Crippen molar-refractivity contribution >= 4 is 6.29 Å². The van der Waals surface area contributed by atoms with Gasteiger partial charge in [0.1, 0.15) is 0 Å². The summed E-state index contributed by atoms with van der Waals surface area (Å²) in [6.45, 7) is 0. The second-order valence-electron chi connectivity index (χ2n) is 3.55. The Labute approximate surface area is 78.0 Å². The predicted octanol–water partition coefficient (Wildman–Crippen LogP) is 2.16. The molecule has 0 aliphatic heterocycles. The van der Waals surface area contributed by atoms with Crippen LogP contribution in [0.25, 0.3) is 0 Å². The first-order valence-electron chi connectivity index (χ1n) is 4.83. The van der Waals surface area contributed by atoms with E-state index in [0.717, 1.165) is 19.1 Å². The van der Waals surface area contributed by atoms with Crippen LogP contribution in [0, 0.1) is 0 Å². The van der Waals surface area contributed by atoms with Gasteiger partial charge in [-0.25, -0.2) is 0 Å². The Kier molecular flexibility index (Phi) is 2.39. The van der Waals surface area contributed by atoms with Crippen molar-refractivity contribution in [2.75, 3.05) is 0 Å². The van der Waals surface area contributed by atoms with Crippen molar-refractivity contribution in [3.63, 3.8) is 0 Å². The van der Waals surface area contributed by atoms with Crippen molar-refractivity contribution in [3.8, 4) is 0 Å². The number of pyridine rings is 1. The highest BCUT2D eigenvalue weighted by Gasteiger charge is 2.09. The third-order valence-electron chi connectivity index (χ3n) is 2.58. The summed E-state index contributed by atoms with van der Waals surface area (Å²) in [6, 6.07) is 1.99. The van der Waals surface area contributed by atoms with E-state index >= 15 is 0 Å². The molecule has 2 nitrogen and oxygen atoms in total. The van der Waals surface area contributed by atoms with Crippen molar-refractivity contribution in [1.82, 2.24) is 4.98 Å². The lowest BCUT2D eigenvalue weighted by molar-refractivity contribution is 0.112. The molecule has 0 bridgehead atoms. The van der Waals surface area contributed by atoms with Gasteiger partial charge in [0.15, 0.2) is 6.29 Å². The molecule has 1 heterocycles. The predicted molar refractivity (Wildman–Crippen MR) is 50.9 cm³/mol. The molecule has 13 heavy (non-hydrogen) atoms. The first kappa shape index (κ1) is 8.42. The highest BCUT2D eigenvalue weighted by atomic mass is 16.1. The Bertz CT molecular complexity index is 320. The Balaban J connectivity index is 2.37. The summed E-state index contributed by atoms with van der Waals surface area (Å²) in [7, 11) is 0. The fourth-order valence-electron chi connectivity index (χ4n) is 1.85. The van der Waals surface area contributed by atoms with Crippen LogP contribution in [0.3, 0.4) is 0 Å². The van der Waals surface area contributed by atoms with Gasteiger partial charge in [0.25, 0.3) is 0 Å². The number of hydrogen-bond acceptors (Lipinski definition) is 2. The van der Waals surface area contributed by atoms with Crippen LogP contribution in [0.4, 0.5) is 0 Å². The molecular formula is C11H13NO. The van der Waals surface area contributed by atoms with Crippen LogP contribution in [0.2, 0.25) is 0 Å². The number of carbonyl (C=O) groups is 1. The van der Waals surface area contributed by atoms with Gasteiger partial charge in [0.05, 0.1) is 0 Å². The molecule has 1 aliphatic carbocycles. The molecule has 0 amide bonds. The average Bonchev–Trinajstić information content (AvgIpc) is 2.41. The standard InChI is InChI=1S/C11H13NO/c13-8-9-6-10-4-2-1-3-5-11(10)12-7-9/h6-8H,1-5H2. The van der Waals surface area contributed by atoms with Crippen LogP contribution >= 0.6 is 0 Å². The number of rotatable bonds is 1. The monoisotopic (exact) mass is 175 g/mol. The van der Waals surface area contributed by atoms with Gasteiger partial charge in [-0.3, -0.25) is 9.78 Å². The molecule has 0 atom stereocenters. The maximum absolute atomic E-state index is 10.5. The fourth-order valence-corrected chi connectivity index (χ4v) is 1.85. The van der Waals surface area contributed by atoms with E-state index in [1.165, 1.54) is 30.5 Å². The summed E-state index contributed by atoms with van der Waals surface area (Å²) in [5, 5.41) is 0. The summed E-state index contributed by atoms with van der Waals surface area (Å²) in [5.41, 5.74) is 3.19. The van der Waals surface area contributed by atoms with Gasteiger partial charge in [0.2, 0.25) is 0 Å². The van der Waals surface area contributed by atoms with Crippen molar-refractivity contribution in [2.24, 2.45) is 0 Å². The van der Waals surface area contributed by atoms with E-state index in [4.69, 9.17) is 0 Å². The molecule has 68 valence electrons. The highest BCUT2D eigenvalue weighted by Crippen LogP contribution is 2.18. The number of hydrogen-bond donors (Lipinski definition) is 0. The quantitative estimate of drug-likeness (QED) is 0.483. The van der Waals surface area contributed by atoms with E-state index in [1.54, 1.807) is 6.20 Å². The van der Waals surface area contributed by atoms with Gasteiger partial charge in [0, 0.05) is 17.5 Å². The van der Waals surface area contributed by atoms with Crippen molar-refractivity contribution < 1.29 is 4.79 Å². The zero-order valence-electron chi connectivity index (χ0n) is 7.62. The van der Waals surface area contributed by atoms with E-state index in [1.807, 2.05) is 6.07 Å². The third-order valence-corrected chi connectivity index (χ3v) is 2.58. The molecule has 0 aromatic carbocycles. The maximum Gasteiger partial charge on any atom is 0.151 e. The molecule has 1 aliphatic rings. The minimum absolute atomic E-state index is 0.709. The number of fused-ring (bicyclic) bond motifs is 1. The van der Waals surface area contributed by atoms with Gasteiger partial charge >= 0.3 is 0 Å². The van der Waals surface area contributed by atoms with Crippen molar-refractivity contribution in [1.29, 1.82) is 0 Å². The van der Waals surface area contributed by atoms with E-state index in [9.17, 15) is 4.79 Å². The summed E-state index contributed by atoms with van der Waals surface area (Å²) in [6.07, 6.45) is 8.47. The summed E-state index contributed by atoms with van der Waals surface area (Å²) in [4.78, 5) is 14.9. The summed E-state index contributed by atoms with van der Waals surface area (Å²) in [5.74, 6) is 0. The highest BCUT2D eigenvalue weighted by molar-refractivity contribution is 5.74. The third kappa shape index (κ3) is 1.77. The molecule has 1 aromatic rings. The summed E-state index contributed by atoms with van der Waals surface area (Å²) < 4.78 is 0. The van der Waals surface area contributed by atoms with Crippen molar-refractivity contribution in [2.45, 2.75) is 32.1 Å².